The van der Waals surface area contributed by atoms with Gasteiger partial charge in [-0.15, -0.1) is 0 Å². The van der Waals surface area contributed by atoms with E-state index in [1.165, 1.54) is 12.8 Å². The molecular weight excluding hydrogens is 344 g/mol. The van der Waals surface area contributed by atoms with Crippen LogP contribution in [0, 0.1) is 23.7 Å². The molecule has 0 radical (unpaired) electrons. The fraction of sp³-hybridized carbons (Fsp3) is 0.905. The number of amides is 2. The van der Waals surface area contributed by atoms with E-state index in [9.17, 15) is 9.59 Å². The lowest BCUT2D eigenvalue weighted by Crippen LogP contribution is -2.53. The molecule has 4 unspecified atom stereocenters. The predicted octanol–water partition coefficient (Wildman–Crippen LogP) is 3.99. The molecule has 0 bridgehead atoms. The molecule has 4 nitrogen and oxygen atoms in total. The van der Waals surface area contributed by atoms with Crippen LogP contribution in [-0.4, -0.2) is 35.9 Å². The van der Waals surface area contributed by atoms with Crippen molar-refractivity contribution in [1.29, 1.82) is 0 Å². The molecule has 2 N–H and O–H groups in total. The Kier molecular flexibility index (Phi) is 8.78. The molecule has 0 heterocycles. The standard InChI is InChI=1S/C21H38N2O2S/c1-14-8-10-17(11-9-14)20(24)23-19(12-13-26-4)21(25)22-18-7-5-6-15(2)16(18)3/h14-19H,5-13H2,1-4H3,(H,22,25)(H,23,24). The minimum absolute atomic E-state index is 0.0162. The van der Waals surface area contributed by atoms with Crippen molar-refractivity contribution in [3.05, 3.63) is 0 Å². The maximum Gasteiger partial charge on any atom is 0.242 e. The minimum Gasteiger partial charge on any atom is -0.351 e. The smallest absolute Gasteiger partial charge is 0.242 e. The van der Waals surface area contributed by atoms with Crippen LogP contribution in [0.4, 0.5) is 0 Å². The van der Waals surface area contributed by atoms with E-state index in [2.05, 4.69) is 31.4 Å². The SMILES string of the molecule is CSCCC(NC(=O)C1CCC(C)CC1)C(=O)NC1CCCC(C)C1C. The second-order valence-corrected chi connectivity index (χ2v) is 9.67. The normalized spacial score (nSPS) is 33.3. The van der Waals surface area contributed by atoms with Gasteiger partial charge in [0.2, 0.25) is 11.8 Å². The first kappa shape index (κ1) is 21.6. The molecule has 4 atom stereocenters. The fourth-order valence-electron chi connectivity index (χ4n) is 4.39. The first-order valence-corrected chi connectivity index (χ1v) is 11.9. The molecular formula is C21H38N2O2S. The van der Waals surface area contributed by atoms with E-state index in [0.29, 0.717) is 18.3 Å². The zero-order chi connectivity index (χ0) is 19.1. The number of carbonyl (C=O) groups excluding carboxylic acids is 2. The molecule has 26 heavy (non-hydrogen) atoms. The van der Waals surface area contributed by atoms with Gasteiger partial charge in [-0.25, -0.2) is 0 Å². The van der Waals surface area contributed by atoms with E-state index < -0.39 is 6.04 Å². The Bertz CT molecular complexity index is 463. The van der Waals surface area contributed by atoms with Crippen molar-refractivity contribution >= 4 is 23.6 Å². The summed E-state index contributed by atoms with van der Waals surface area (Å²) in [6.45, 7) is 6.78. The molecule has 2 amide bonds. The molecule has 2 rings (SSSR count). The lowest BCUT2D eigenvalue weighted by molar-refractivity contribution is -0.132. The Morgan fingerprint density at radius 1 is 1.04 bits per heavy atom. The zero-order valence-electron chi connectivity index (χ0n) is 17.1. The van der Waals surface area contributed by atoms with Crippen molar-refractivity contribution in [2.45, 2.75) is 84.2 Å². The molecule has 0 aromatic rings. The molecule has 2 fully saturated rings. The summed E-state index contributed by atoms with van der Waals surface area (Å²) >= 11 is 1.73. The van der Waals surface area contributed by atoms with Crippen LogP contribution < -0.4 is 10.6 Å². The van der Waals surface area contributed by atoms with Crippen LogP contribution in [0.3, 0.4) is 0 Å². The van der Waals surface area contributed by atoms with Crippen LogP contribution in [-0.2, 0) is 9.59 Å². The van der Waals surface area contributed by atoms with E-state index >= 15 is 0 Å². The molecule has 0 spiro atoms. The van der Waals surface area contributed by atoms with Gasteiger partial charge in [0.1, 0.15) is 6.04 Å². The average Bonchev–Trinajstić information content (AvgIpc) is 2.62. The summed E-state index contributed by atoms with van der Waals surface area (Å²) in [5.74, 6) is 2.96. The second kappa shape index (κ2) is 10.6. The highest BCUT2D eigenvalue weighted by atomic mass is 32.2. The first-order chi connectivity index (χ1) is 12.4. The van der Waals surface area contributed by atoms with Gasteiger partial charge in [-0.1, -0.05) is 33.6 Å². The van der Waals surface area contributed by atoms with Crippen LogP contribution in [0.25, 0.3) is 0 Å². The number of rotatable bonds is 7. The van der Waals surface area contributed by atoms with Crippen LogP contribution >= 0.6 is 11.8 Å². The van der Waals surface area contributed by atoms with Gasteiger partial charge in [-0.2, -0.15) is 11.8 Å². The highest BCUT2D eigenvalue weighted by Crippen LogP contribution is 2.30. The number of thioether (sulfide) groups is 1. The minimum atomic E-state index is -0.390. The maximum absolute atomic E-state index is 12.9. The molecule has 2 saturated carbocycles. The number of nitrogens with one attached hydrogen (secondary N) is 2. The van der Waals surface area contributed by atoms with Crippen molar-refractivity contribution in [1.82, 2.24) is 10.6 Å². The van der Waals surface area contributed by atoms with E-state index in [1.54, 1.807) is 11.8 Å². The summed E-state index contributed by atoms with van der Waals surface area (Å²) in [6, 6.07) is -0.144. The quantitative estimate of drug-likeness (QED) is 0.700. The Morgan fingerprint density at radius 3 is 2.38 bits per heavy atom. The van der Waals surface area contributed by atoms with Gasteiger partial charge in [0.15, 0.2) is 0 Å². The largest absolute Gasteiger partial charge is 0.351 e. The second-order valence-electron chi connectivity index (χ2n) is 8.68. The Balaban J connectivity index is 1.92. The molecule has 2 aliphatic rings. The summed E-state index contributed by atoms with van der Waals surface area (Å²) in [5, 5.41) is 6.35. The summed E-state index contributed by atoms with van der Waals surface area (Å²) in [5.41, 5.74) is 0. The van der Waals surface area contributed by atoms with E-state index in [0.717, 1.165) is 43.8 Å². The number of carbonyl (C=O) groups is 2. The summed E-state index contributed by atoms with van der Waals surface area (Å²) in [7, 11) is 0. The summed E-state index contributed by atoms with van der Waals surface area (Å²) in [4.78, 5) is 25.6. The predicted molar refractivity (Wildman–Crippen MR) is 110 cm³/mol. The third kappa shape index (κ3) is 6.17. The van der Waals surface area contributed by atoms with Gasteiger partial charge < -0.3 is 10.6 Å². The lowest BCUT2D eigenvalue weighted by atomic mass is 9.78. The topological polar surface area (TPSA) is 58.2 Å². The maximum atomic E-state index is 12.9. The van der Waals surface area contributed by atoms with Gasteiger partial charge in [-0.3, -0.25) is 9.59 Å². The van der Waals surface area contributed by atoms with E-state index in [1.807, 2.05) is 6.26 Å². The third-order valence-electron chi connectivity index (χ3n) is 6.66. The van der Waals surface area contributed by atoms with Gasteiger partial charge in [0.05, 0.1) is 0 Å². The molecule has 0 aliphatic heterocycles. The Morgan fingerprint density at radius 2 is 1.73 bits per heavy atom. The van der Waals surface area contributed by atoms with Crippen LogP contribution in [0.1, 0.15) is 72.1 Å². The summed E-state index contributed by atoms with van der Waals surface area (Å²) < 4.78 is 0. The van der Waals surface area contributed by atoms with Crippen LogP contribution in [0.2, 0.25) is 0 Å². The zero-order valence-corrected chi connectivity index (χ0v) is 17.9. The molecule has 0 aromatic heterocycles. The van der Waals surface area contributed by atoms with Crippen molar-refractivity contribution in [3.63, 3.8) is 0 Å². The number of hydrogen-bond donors (Lipinski definition) is 2. The monoisotopic (exact) mass is 382 g/mol. The highest BCUT2D eigenvalue weighted by Gasteiger charge is 2.32. The third-order valence-corrected chi connectivity index (χ3v) is 7.31. The van der Waals surface area contributed by atoms with Gasteiger partial charge in [0, 0.05) is 12.0 Å². The Labute approximate surface area is 164 Å². The van der Waals surface area contributed by atoms with E-state index in [-0.39, 0.29) is 23.8 Å². The first-order valence-electron chi connectivity index (χ1n) is 10.5. The molecule has 5 heteroatoms. The Hall–Kier alpha value is -0.710. The highest BCUT2D eigenvalue weighted by molar-refractivity contribution is 7.98. The van der Waals surface area contributed by atoms with Crippen molar-refractivity contribution < 1.29 is 9.59 Å². The molecule has 150 valence electrons. The summed E-state index contributed by atoms with van der Waals surface area (Å²) in [6.07, 6.45) is 10.4. The van der Waals surface area contributed by atoms with Crippen molar-refractivity contribution in [2.75, 3.05) is 12.0 Å². The van der Waals surface area contributed by atoms with Gasteiger partial charge >= 0.3 is 0 Å². The van der Waals surface area contributed by atoms with Gasteiger partial charge in [0.25, 0.3) is 0 Å². The molecule has 0 saturated heterocycles. The number of hydrogen-bond acceptors (Lipinski definition) is 3. The van der Waals surface area contributed by atoms with Crippen molar-refractivity contribution in [2.24, 2.45) is 23.7 Å². The average molecular weight is 383 g/mol. The van der Waals surface area contributed by atoms with Crippen LogP contribution in [0.15, 0.2) is 0 Å². The lowest BCUT2D eigenvalue weighted by Gasteiger charge is -2.35. The fourth-order valence-corrected chi connectivity index (χ4v) is 4.86. The van der Waals surface area contributed by atoms with Crippen LogP contribution in [0.5, 0.6) is 0 Å². The molecule has 0 aromatic carbocycles. The van der Waals surface area contributed by atoms with Gasteiger partial charge in [-0.05, 0) is 68.3 Å². The molecule has 2 aliphatic carbocycles. The van der Waals surface area contributed by atoms with Crippen molar-refractivity contribution in [3.8, 4) is 0 Å². The van der Waals surface area contributed by atoms with E-state index in [4.69, 9.17) is 0 Å².